The van der Waals surface area contributed by atoms with E-state index in [0.29, 0.717) is 16.7 Å². The Morgan fingerprint density at radius 1 is 1.30 bits per heavy atom. The van der Waals surface area contributed by atoms with Gasteiger partial charge < -0.3 is 10.6 Å². The molecule has 5 nitrogen and oxygen atoms in total. The first-order valence-electron chi connectivity index (χ1n) is 6.60. The standard InChI is InChI=1S/C14H18N4OS/c1-3-8-15-14-18-17-13(20-14)12(19)16-9-11-7-5-4-6-10(11)2/h4-7H,3,8-9H2,1-2H3,(H,15,18)(H,16,19). The van der Waals surface area contributed by atoms with E-state index in [1.165, 1.54) is 11.3 Å². The van der Waals surface area contributed by atoms with Crippen LogP contribution in [-0.2, 0) is 6.54 Å². The Morgan fingerprint density at radius 2 is 2.10 bits per heavy atom. The minimum absolute atomic E-state index is 0.185. The third kappa shape index (κ3) is 3.77. The summed E-state index contributed by atoms with van der Waals surface area (Å²) in [5.41, 5.74) is 2.27. The molecular formula is C14H18N4OS. The molecule has 0 aliphatic rings. The van der Waals surface area contributed by atoms with Crippen molar-refractivity contribution < 1.29 is 4.79 Å². The number of rotatable bonds is 6. The maximum absolute atomic E-state index is 12.0. The molecule has 0 aliphatic heterocycles. The van der Waals surface area contributed by atoms with Gasteiger partial charge in [0.15, 0.2) is 0 Å². The van der Waals surface area contributed by atoms with E-state index < -0.39 is 0 Å². The van der Waals surface area contributed by atoms with E-state index in [2.05, 4.69) is 27.8 Å². The highest BCUT2D eigenvalue weighted by Gasteiger charge is 2.12. The summed E-state index contributed by atoms with van der Waals surface area (Å²) in [7, 11) is 0. The Bertz CT molecular complexity index is 582. The van der Waals surface area contributed by atoms with Crippen LogP contribution in [0.5, 0.6) is 0 Å². The van der Waals surface area contributed by atoms with Gasteiger partial charge in [-0.25, -0.2) is 0 Å². The number of anilines is 1. The molecule has 106 valence electrons. The third-order valence-corrected chi connectivity index (χ3v) is 3.73. The van der Waals surface area contributed by atoms with E-state index >= 15 is 0 Å². The number of carbonyl (C=O) groups excluding carboxylic acids is 1. The van der Waals surface area contributed by atoms with Crippen LogP contribution in [0.4, 0.5) is 5.13 Å². The normalized spacial score (nSPS) is 10.3. The zero-order valence-corrected chi connectivity index (χ0v) is 12.5. The van der Waals surface area contributed by atoms with E-state index in [9.17, 15) is 4.79 Å². The molecule has 0 atom stereocenters. The maximum atomic E-state index is 12.0. The summed E-state index contributed by atoms with van der Waals surface area (Å²) in [6.45, 7) is 5.44. The van der Waals surface area contributed by atoms with Gasteiger partial charge in [-0.3, -0.25) is 4.79 Å². The van der Waals surface area contributed by atoms with Crippen LogP contribution in [0.3, 0.4) is 0 Å². The topological polar surface area (TPSA) is 66.9 Å². The molecule has 20 heavy (non-hydrogen) atoms. The summed E-state index contributed by atoms with van der Waals surface area (Å²) in [5.74, 6) is -0.185. The fourth-order valence-corrected chi connectivity index (χ4v) is 2.36. The van der Waals surface area contributed by atoms with Gasteiger partial charge in [-0.1, -0.05) is 42.5 Å². The van der Waals surface area contributed by atoms with Gasteiger partial charge >= 0.3 is 0 Å². The molecule has 0 aliphatic carbocycles. The minimum Gasteiger partial charge on any atom is -0.360 e. The molecule has 6 heteroatoms. The first-order chi connectivity index (χ1) is 9.70. The first-order valence-corrected chi connectivity index (χ1v) is 7.42. The van der Waals surface area contributed by atoms with Crippen molar-refractivity contribution in [3.63, 3.8) is 0 Å². The minimum atomic E-state index is -0.185. The quantitative estimate of drug-likeness (QED) is 0.858. The average molecular weight is 290 g/mol. The van der Waals surface area contributed by atoms with Crippen LogP contribution >= 0.6 is 11.3 Å². The van der Waals surface area contributed by atoms with Crippen molar-refractivity contribution in [1.82, 2.24) is 15.5 Å². The monoisotopic (exact) mass is 290 g/mol. The highest BCUT2D eigenvalue weighted by atomic mass is 32.1. The predicted molar refractivity (Wildman–Crippen MR) is 81.0 cm³/mol. The second-order valence-corrected chi connectivity index (χ2v) is 5.43. The SMILES string of the molecule is CCCNc1nnc(C(=O)NCc2ccccc2C)s1. The van der Waals surface area contributed by atoms with Crippen molar-refractivity contribution in [3.05, 3.63) is 40.4 Å². The number of carbonyl (C=O) groups is 1. The number of aryl methyl sites for hydroxylation is 1. The van der Waals surface area contributed by atoms with E-state index in [4.69, 9.17) is 0 Å². The van der Waals surface area contributed by atoms with Crippen LogP contribution in [0, 0.1) is 6.92 Å². The predicted octanol–water partition coefficient (Wildman–Crippen LogP) is 2.60. The summed E-state index contributed by atoms with van der Waals surface area (Å²) in [4.78, 5) is 12.0. The summed E-state index contributed by atoms with van der Waals surface area (Å²) < 4.78 is 0. The highest BCUT2D eigenvalue weighted by Crippen LogP contribution is 2.15. The molecule has 2 N–H and O–H groups in total. The largest absolute Gasteiger partial charge is 0.360 e. The Labute approximate surface area is 122 Å². The molecule has 0 saturated carbocycles. The molecule has 1 amide bonds. The van der Waals surface area contributed by atoms with Gasteiger partial charge in [-0.05, 0) is 24.5 Å². The van der Waals surface area contributed by atoms with Gasteiger partial charge in [0.1, 0.15) is 0 Å². The summed E-state index contributed by atoms with van der Waals surface area (Å²) >= 11 is 1.27. The number of nitrogens with zero attached hydrogens (tertiary/aromatic N) is 2. The molecule has 2 rings (SSSR count). The molecule has 0 bridgehead atoms. The number of nitrogens with one attached hydrogen (secondary N) is 2. The van der Waals surface area contributed by atoms with E-state index in [1.54, 1.807) is 0 Å². The van der Waals surface area contributed by atoms with Crippen LogP contribution in [0.15, 0.2) is 24.3 Å². The zero-order valence-electron chi connectivity index (χ0n) is 11.6. The van der Waals surface area contributed by atoms with E-state index in [-0.39, 0.29) is 5.91 Å². The molecule has 0 radical (unpaired) electrons. The van der Waals surface area contributed by atoms with Gasteiger partial charge in [0, 0.05) is 13.1 Å². The highest BCUT2D eigenvalue weighted by molar-refractivity contribution is 7.17. The van der Waals surface area contributed by atoms with Gasteiger partial charge in [0.05, 0.1) is 0 Å². The summed E-state index contributed by atoms with van der Waals surface area (Å²) in [6.07, 6.45) is 1.01. The molecule has 1 aromatic heterocycles. The lowest BCUT2D eigenvalue weighted by Gasteiger charge is -2.05. The summed E-state index contributed by atoms with van der Waals surface area (Å²) in [5, 5.41) is 14.9. The number of hydrogen-bond acceptors (Lipinski definition) is 5. The van der Waals surface area contributed by atoms with Crippen molar-refractivity contribution in [1.29, 1.82) is 0 Å². The lowest BCUT2D eigenvalue weighted by molar-refractivity contribution is 0.0950. The Kier molecular flexibility index (Phi) is 5.06. The fraction of sp³-hybridized carbons (Fsp3) is 0.357. The second-order valence-electron chi connectivity index (χ2n) is 4.45. The van der Waals surface area contributed by atoms with Gasteiger partial charge in [0.25, 0.3) is 5.91 Å². The van der Waals surface area contributed by atoms with Crippen molar-refractivity contribution in [2.45, 2.75) is 26.8 Å². The van der Waals surface area contributed by atoms with Crippen molar-refractivity contribution in [3.8, 4) is 0 Å². The Hall–Kier alpha value is -1.95. The molecule has 1 heterocycles. The van der Waals surface area contributed by atoms with Crippen LogP contribution in [0.2, 0.25) is 0 Å². The van der Waals surface area contributed by atoms with Gasteiger partial charge in [-0.15, -0.1) is 10.2 Å². The molecule has 0 fully saturated rings. The van der Waals surface area contributed by atoms with Crippen LogP contribution < -0.4 is 10.6 Å². The molecule has 0 spiro atoms. The van der Waals surface area contributed by atoms with Gasteiger partial charge in [-0.2, -0.15) is 0 Å². The number of benzene rings is 1. The lowest BCUT2D eigenvalue weighted by atomic mass is 10.1. The lowest BCUT2D eigenvalue weighted by Crippen LogP contribution is -2.23. The third-order valence-electron chi connectivity index (χ3n) is 2.85. The Balaban J connectivity index is 1.92. The smallest absolute Gasteiger partial charge is 0.282 e. The average Bonchev–Trinajstić information content (AvgIpc) is 2.93. The second kappa shape index (κ2) is 7.00. The van der Waals surface area contributed by atoms with Crippen molar-refractivity contribution >= 4 is 22.4 Å². The molecule has 0 saturated heterocycles. The van der Waals surface area contributed by atoms with Crippen LogP contribution in [-0.4, -0.2) is 22.6 Å². The summed E-state index contributed by atoms with van der Waals surface area (Å²) in [6, 6.07) is 7.98. The van der Waals surface area contributed by atoms with E-state index in [1.807, 2.05) is 31.2 Å². The molecule has 1 aromatic carbocycles. The maximum Gasteiger partial charge on any atom is 0.282 e. The molecule has 2 aromatic rings. The number of aromatic nitrogens is 2. The zero-order chi connectivity index (χ0) is 14.4. The molecular weight excluding hydrogens is 272 g/mol. The van der Waals surface area contributed by atoms with Crippen LogP contribution in [0.1, 0.15) is 34.3 Å². The van der Waals surface area contributed by atoms with Crippen molar-refractivity contribution in [2.75, 3.05) is 11.9 Å². The van der Waals surface area contributed by atoms with Gasteiger partial charge in [0.2, 0.25) is 10.1 Å². The van der Waals surface area contributed by atoms with E-state index in [0.717, 1.165) is 24.1 Å². The first kappa shape index (κ1) is 14.5. The Morgan fingerprint density at radius 3 is 2.85 bits per heavy atom. The van der Waals surface area contributed by atoms with Crippen LogP contribution in [0.25, 0.3) is 0 Å². The molecule has 0 unspecified atom stereocenters. The fourth-order valence-electron chi connectivity index (χ4n) is 1.68. The number of amides is 1. The number of hydrogen-bond donors (Lipinski definition) is 2. The van der Waals surface area contributed by atoms with Crippen molar-refractivity contribution in [2.24, 2.45) is 0 Å².